The Balaban J connectivity index is 1.85. The molecule has 0 unspecified atom stereocenters. The Morgan fingerprint density at radius 3 is 2.90 bits per heavy atom. The Morgan fingerprint density at radius 1 is 1.33 bits per heavy atom. The first-order valence-corrected chi connectivity index (χ1v) is 6.28. The molecule has 0 saturated carbocycles. The fourth-order valence-corrected chi connectivity index (χ4v) is 1.52. The summed E-state index contributed by atoms with van der Waals surface area (Å²) in [5.41, 5.74) is 3.60. The van der Waals surface area contributed by atoms with Crippen molar-refractivity contribution in [3.05, 3.63) is 60.2 Å². The van der Waals surface area contributed by atoms with Crippen LogP contribution in [-0.4, -0.2) is 23.2 Å². The van der Waals surface area contributed by atoms with Crippen molar-refractivity contribution in [3.8, 4) is 5.75 Å². The molecule has 1 N–H and O–H groups in total. The van der Waals surface area contributed by atoms with E-state index in [2.05, 4.69) is 15.5 Å². The highest BCUT2D eigenvalue weighted by molar-refractivity contribution is 5.97. The molecule has 6 heteroatoms. The van der Waals surface area contributed by atoms with Crippen molar-refractivity contribution >= 4 is 11.6 Å². The molecule has 108 valence electrons. The average molecular weight is 287 g/mol. The minimum Gasteiger partial charge on any atom is -0.484 e. The number of rotatable bonds is 5. The maximum absolute atomic E-state index is 12.9. The molecule has 0 aliphatic heterocycles. The second-order valence-corrected chi connectivity index (χ2v) is 4.19. The molecule has 0 spiro atoms. The molecule has 1 aromatic carbocycles. The summed E-state index contributed by atoms with van der Waals surface area (Å²) in [4.78, 5) is 15.7. The van der Waals surface area contributed by atoms with Crippen LogP contribution in [0.25, 0.3) is 0 Å². The van der Waals surface area contributed by atoms with Crippen LogP contribution < -0.4 is 10.2 Å². The molecule has 0 aliphatic rings. The molecule has 2 rings (SSSR count). The number of ether oxygens (including phenoxy) is 1. The van der Waals surface area contributed by atoms with Gasteiger partial charge in [0.2, 0.25) is 0 Å². The first kappa shape index (κ1) is 14.6. The van der Waals surface area contributed by atoms with Crippen molar-refractivity contribution in [2.24, 2.45) is 5.10 Å². The Bertz CT molecular complexity index is 644. The maximum Gasteiger partial charge on any atom is 0.277 e. The molecular formula is C15H14FN3O2. The van der Waals surface area contributed by atoms with Gasteiger partial charge in [-0.15, -0.1) is 0 Å². The SMILES string of the molecule is C/C(=N/NC(=O)COc1cccc(F)c1)c1ccccn1. The van der Waals surface area contributed by atoms with Gasteiger partial charge in [0.15, 0.2) is 6.61 Å². The molecular weight excluding hydrogens is 273 g/mol. The van der Waals surface area contributed by atoms with E-state index >= 15 is 0 Å². The van der Waals surface area contributed by atoms with E-state index in [1.165, 1.54) is 18.2 Å². The van der Waals surface area contributed by atoms with E-state index in [0.717, 1.165) is 0 Å². The van der Waals surface area contributed by atoms with Crippen LogP contribution in [0.5, 0.6) is 5.75 Å². The fourth-order valence-electron chi connectivity index (χ4n) is 1.52. The van der Waals surface area contributed by atoms with Crippen LogP contribution in [0.1, 0.15) is 12.6 Å². The van der Waals surface area contributed by atoms with Crippen molar-refractivity contribution in [3.63, 3.8) is 0 Å². The Labute approximate surface area is 121 Å². The number of hydrogen-bond acceptors (Lipinski definition) is 4. The van der Waals surface area contributed by atoms with Gasteiger partial charge in [-0.3, -0.25) is 9.78 Å². The van der Waals surface area contributed by atoms with Crippen LogP contribution in [0.2, 0.25) is 0 Å². The van der Waals surface area contributed by atoms with Crippen LogP contribution in [0.4, 0.5) is 4.39 Å². The number of hydrazone groups is 1. The van der Waals surface area contributed by atoms with Crippen LogP contribution in [0, 0.1) is 5.82 Å². The van der Waals surface area contributed by atoms with Crippen LogP contribution in [0.3, 0.4) is 0 Å². The molecule has 21 heavy (non-hydrogen) atoms. The molecule has 2 aromatic rings. The Morgan fingerprint density at radius 2 is 2.19 bits per heavy atom. The van der Waals surface area contributed by atoms with Gasteiger partial charge in [0.1, 0.15) is 11.6 Å². The lowest BCUT2D eigenvalue weighted by Crippen LogP contribution is -2.25. The first-order chi connectivity index (χ1) is 10.1. The van der Waals surface area contributed by atoms with E-state index in [-0.39, 0.29) is 12.4 Å². The van der Waals surface area contributed by atoms with Gasteiger partial charge in [0.25, 0.3) is 5.91 Å². The predicted molar refractivity (Wildman–Crippen MR) is 76.5 cm³/mol. The molecule has 0 radical (unpaired) electrons. The number of nitrogens with one attached hydrogen (secondary N) is 1. The number of carbonyl (C=O) groups is 1. The molecule has 0 saturated heterocycles. The second-order valence-electron chi connectivity index (χ2n) is 4.19. The number of amides is 1. The smallest absolute Gasteiger partial charge is 0.277 e. The number of carbonyl (C=O) groups excluding carboxylic acids is 1. The van der Waals surface area contributed by atoms with Gasteiger partial charge < -0.3 is 4.74 Å². The lowest BCUT2D eigenvalue weighted by molar-refractivity contribution is -0.123. The Kier molecular flexibility index (Phi) is 4.98. The summed E-state index contributed by atoms with van der Waals surface area (Å²) in [6, 6.07) is 11.0. The fraction of sp³-hybridized carbons (Fsp3) is 0.133. The summed E-state index contributed by atoms with van der Waals surface area (Å²) in [5.74, 6) is -0.568. The normalized spacial score (nSPS) is 11.0. The van der Waals surface area contributed by atoms with E-state index in [4.69, 9.17) is 4.74 Å². The summed E-state index contributed by atoms with van der Waals surface area (Å²) >= 11 is 0. The van der Waals surface area contributed by atoms with E-state index in [0.29, 0.717) is 11.4 Å². The molecule has 0 fully saturated rings. The second kappa shape index (κ2) is 7.14. The van der Waals surface area contributed by atoms with Crippen molar-refractivity contribution in [1.29, 1.82) is 0 Å². The van der Waals surface area contributed by atoms with Crippen molar-refractivity contribution in [2.45, 2.75) is 6.92 Å². The van der Waals surface area contributed by atoms with Gasteiger partial charge in [-0.05, 0) is 31.2 Å². The summed E-state index contributed by atoms with van der Waals surface area (Å²) in [6.07, 6.45) is 1.64. The predicted octanol–water partition coefficient (Wildman–Crippen LogP) is 2.14. The molecule has 0 bridgehead atoms. The topological polar surface area (TPSA) is 63.6 Å². The number of benzene rings is 1. The molecule has 0 aliphatic carbocycles. The highest BCUT2D eigenvalue weighted by Crippen LogP contribution is 2.11. The average Bonchev–Trinajstić information content (AvgIpc) is 2.51. The molecule has 0 atom stereocenters. The van der Waals surface area contributed by atoms with E-state index in [1.54, 1.807) is 31.3 Å². The van der Waals surface area contributed by atoms with Gasteiger partial charge in [-0.25, -0.2) is 9.82 Å². The third-order valence-electron chi connectivity index (χ3n) is 2.55. The highest BCUT2D eigenvalue weighted by Gasteiger charge is 2.03. The number of nitrogens with zero attached hydrogens (tertiary/aromatic N) is 2. The largest absolute Gasteiger partial charge is 0.484 e. The van der Waals surface area contributed by atoms with Gasteiger partial charge in [-0.1, -0.05) is 12.1 Å². The number of hydrogen-bond donors (Lipinski definition) is 1. The van der Waals surface area contributed by atoms with E-state index < -0.39 is 11.7 Å². The van der Waals surface area contributed by atoms with Gasteiger partial charge in [0.05, 0.1) is 11.4 Å². The highest BCUT2D eigenvalue weighted by atomic mass is 19.1. The molecule has 1 aromatic heterocycles. The van der Waals surface area contributed by atoms with Crippen molar-refractivity contribution < 1.29 is 13.9 Å². The number of pyridine rings is 1. The third-order valence-corrected chi connectivity index (χ3v) is 2.55. The van der Waals surface area contributed by atoms with Crippen molar-refractivity contribution in [1.82, 2.24) is 10.4 Å². The first-order valence-electron chi connectivity index (χ1n) is 6.28. The van der Waals surface area contributed by atoms with Gasteiger partial charge >= 0.3 is 0 Å². The lowest BCUT2D eigenvalue weighted by Gasteiger charge is -2.05. The van der Waals surface area contributed by atoms with E-state index in [9.17, 15) is 9.18 Å². The van der Waals surface area contributed by atoms with Crippen LogP contribution in [-0.2, 0) is 4.79 Å². The summed E-state index contributed by atoms with van der Waals surface area (Å²) in [5, 5.41) is 3.92. The maximum atomic E-state index is 12.9. The summed E-state index contributed by atoms with van der Waals surface area (Å²) in [7, 11) is 0. The van der Waals surface area contributed by atoms with Crippen molar-refractivity contribution in [2.75, 3.05) is 6.61 Å². The minimum atomic E-state index is -0.436. The standard InChI is InChI=1S/C15H14FN3O2/c1-11(14-7-2-3-8-17-14)18-19-15(20)10-21-13-6-4-5-12(16)9-13/h2-9H,10H2,1H3,(H,19,20)/b18-11-. The van der Waals surface area contributed by atoms with Gasteiger partial charge in [0, 0.05) is 12.3 Å². The molecule has 1 amide bonds. The summed E-state index contributed by atoms with van der Waals surface area (Å²) < 4.78 is 18.1. The quantitative estimate of drug-likeness (QED) is 0.677. The Hall–Kier alpha value is -2.76. The lowest BCUT2D eigenvalue weighted by atomic mass is 10.3. The number of halogens is 1. The minimum absolute atomic E-state index is 0.248. The zero-order valence-corrected chi connectivity index (χ0v) is 11.4. The molecule has 5 nitrogen and oxygen atoms in total. The van der Waals surface area contributed by atoms with Crippen LogP contribution >= 0.6 is 0 Å². The van der Waals surface area contributed by atoms with E-state index in [1.807, 2.05) is 6.07 Å². The number of aromatic nitrogens is 1. The van der Waals surface area contributed by atoms with Gasteiger partial charge in [-0.2, -0.15) is 5.10 Å². The monoisotopic (exact) mass is 287 g/mol. The molecule has 1 heterocycles. The zero-order valence-electron chi connectivity index (χ0n) is 11.4. The van der Waals surface area contributed by atoms with Crippen LogP contribution in [0.15, 0.2) is 53.8 Å². The zero-order chi connectivity index (χ0) is 15.1. The third kappa shape index (κ3) is 4.68. The summed E-state index contributed by atoms with van der Waals surface area (Å²) in [6.45, 7) is 1.48.